The van der Waals surface area contributed by atoms with E-state index < -0.39 is 0 Å². The van der Waals surface area contributed by atoms with E-state index in [1.807, 2.05) is 30.3 Å². The lowest BCUT2D eigenvalue weighted by atomic mass is 9.91. The van der Waals surface area contributed by atoms with E-state index in [1.165, 1.54) is 43.4 Å². The van der Waals surface area contributed by atoms with Crippen molar-refractivity contribution >= 4 is 49.4 Å². The maximum absolute atomic E-state index is 9.29. The van der Waals surface area contributed by atoms with Gasteiger partial charge in [-0.15, -0.1) is 0 Å². The Morgan fingerprint density at radius 3 is 1.46 bits per heavy atom. The van der Waals surface area contributed by atoms with E-state index >= 15 is 0 Å². The van der Waals surface area contributed by atoms with E-state index in [0.29, 0.717) is 5.56 Å². The zero-order chi connectivity index (χ0) is 24.8. The van der Waals surface area contributed by atoms with E-state index in [1.54, 1.807) is 0 Å². The number of nitrogens with zero attached hydrogens (tertiary/aromatic N) is 2. The topological polar surface area (TPSA) is 27.0 Å². The molecule has 0 aliphatic heterocycles. The zero-order valence-electron chi connectivity index (χ0n) is 20.1. The predicted molar refractivity (Wildman–Crippen MR) is 155 cm³/mol. The Labute approximate surface area is 215 Å². The first-order valence-corrected chi connectivity index (χ1v) is 12.4. The van der Waals surface area contributed by atoms with Crippen molar-refractivity contribution in [3.63, 3.8) is 0 Å². The molecule has 2 heteroatoms. The summed E-state index contributed by atoms with van der Waals surface area (Å²) in [5.74, 6) is 0. The Balaban J connectivity index is 1.44. The third-order valence-corrected chi connectivity index (χ3v) is 7.15. The van der Waals surface area contributed by atoms with Gasteiger partial charge in [-0.1, -0.05) is 72.8 Å². The molecule has 172 valence electrons. The molecule has 0 amide bonds. The molecule has 7 aromatic carbocycles. The lowest BCUT2D eigenvalue weighted by Crippen LogP contribution is -2.10. The van der Waals surface area contributed by atoms with Gasteiger partial charge in [0.2, 0.25) is 0 Å². The molecule has 0 N–H and O–H groups in total. The summed E-state index contributed by atoms with van der Waals surface area (Å²) in [5.41, 5.74) is 6.31. The highest BCUT2D eigenvalue weighted by molar-refractivity contribution is 6.24. The first kappa shape index (κ1) is 21.2. The fourth-order valence-corrected chi connectivity index (χ4v) is 5.46. The Kier molecular flexibility index (Phi) is 4.87. The van der Waals surface area contributed by atoms with E-state index in [0.717, 1.165) is 17.1 Å². The van der Waals surface area contributed by atoms with Crippen LogP contribution in [0.1, 0.15) is 5.56 Å². The van der Waals surface area contributed by atoms with Crippen LogP contribution in [0.5, 0.6) is 0 Å². The van der Waals surface area contributed by atoms with Crippen LogP contribution in [0.25, 0.3) is 43.4 Å². The number of rotatable bonds is 4. The Morgan fingerprint density at radius 2 is 0.919 bits per heavy atom. The molecule has 0 aromatic heterocycles. The zero-order valence-corrected chi connectivity index (χ0v) is 20.1. The Bertz CT molecular complexity index is 1850. The van der Waals surface area contributed by atoms with Crippen LogP contribution in [0.4, 0.5) is 17.1 Å². The molecule has 2 nitrogen and oxygen atoms in total. The van der Waals surface area contributed by atoms with Gasteiger partial charge < -0.3 is 4.90 Å². The number of hydrogen-bond acceptors (Lipinski definition) is 2. The number of para-hydroxylation sites is 1. The van der Waals surface area contributed by atoms with Crippen LogP contribution >= 0.6 is 0 Å². The van der Waals surface area contributed by atoms with Gasteiger partial charge in [-0.25, -0.2) is 0 Å². The molecule has 7 rings (SSSR count). The summed E-state index contributed by atoms with van der Waals surface area (Å²) >= 11 is 0. The molecule has 0 radical (unpaired) electrons. The standard InChI is InChI=1S/C35H22N2/c36-23-24-11-17-32(18-12-24)37(31-9-5-2-6-10-31)33-21-28-15-13-26-19-30(25-7-3-1-4-8-25)20-27-14-16-29(22-33)35(28)34(26)27/h1-22H. The summed E-state index contributed by atoms with van der Waals surface area (Å²) in [7, 11) is 0. The van der Waals surface area contributed by atoms with Gasteiger partial charge in [0.1, 0.15) is 0 Å². The van der Waals surface area contributed by atoms with Crippen molar-refractivity contribution in [3.8, 4) is 17.2 Å². The third-order valence-electron chi connectivity index (χ3n) is 7.15. The van der Waals surface area contributed by atoms with Crippen molar-refractivity contribution in [1.82, 2.24) is 0 Å². The van der Waals surface area contributed by atoms with Crippen LogP contribution in [0.3, 0.4) is 0 Å². The minimum Gasteiger partial charge on any atom is -0.310 e. The maximum Gasteiger partial charge on any atom is 0.0991 e. The van der Waals surface area contributed by atoms with Gasteiger partial charge >= 0.3 is 0 Å². The van der Waals surface area contributed by atoms with Crippen molar-refractivity contribution < 1.29 is 0 Å². The summed E-state index contributed by atoms with van der Waals surface area (Å²) in [6.45, 7) is 0. The molecule has 0 saturated carbocycles. The minimum absolute atomic E-state index is 0.655. The number of hydrogen-bond donors (Lipinski definition) is 0. The molecule has 0 heterocycles. The summed E-state index contributed by atoms with van der Waals surface area (Å²) in [6, 6.07) is 49.1. The average Bonchev–Trinajstić information content (AvgIpc) is 2.97. The van der Waals surface area contributed by atoms with Gasteiger partial charge in [-0.05, 0) is 104 Å². The largest absolute Gasteiger partial charge is 0.310 e. The molecule has 0 spiro atoms. The van der Waals surface area contributed by atoms with Crippen molar-refractivity contribution in [1.29, 1.82) is 5.26 Å². The smallest absolute Gasteiger partial charge is 0.0991 e. The molecular weight excluding hydrogens is 448 g/mol. The van der Waals surface area contributed by atoms with E-state index in [9.17, 15) is 5.26 Å². The van der Waals surface area contributed by atoms with Gasteiger partial charge in [0, 0.05) is 17.1 Å². The average molecular weight is 471 g/mol. The molecule has 7 aromatic rings. The molecule has 0 aliphatic rings. The molecule has 37 heavy (non-hydrogen) atoms. The van der Waals surface area contributed by atoms with E-state index in [4.69, 9.17) is 0 Å². The van der Waals surface area contributed by atoms with Crippen LogP contribution in [0.15, 0.2) is 133 Å². The summed E-state index contributed by atoms with van der Waals surface area (Å²) in [6.07, 6.45) is 0. The fourth-order valence-electron chi connectivity index (χ4n) is 5.46. The molecule has 0 saturated heterocycles. The number of benzene rings is 7. The Hall–Kier alpha value is -5.13. The van der Waals surface area contributed by atoms with Crippen LogP contribution in [0.2, 0.25) is 0 Å². The van der Waals surface area contributed by atoms with Crippen molar-refractivity contribution in [2.45, 2.75) is 0 Å². The molecule has 0 fully saturated rings. The minimum atomic E-state index is 0.655. The lowest BCUT2D eigenvalue weighted by molar-refractivity contribution is 1.29. The maximum atomic E-state index is 9.29. The number of nitriles is 1. The highest BCUT2D eigenvalue weighted by atomic mass is 15.1. The van der Waals surface area contributed by atoms with E-state index in [2.05, 4.69) is 114 Å². The third kappa shape index (κ3) is 3.57. The predicted octanol–water partition coefficient (Wildman–Crippen LogP) is 9.59. The molecular formula is C35H22N2. The molecule has 0 bridgehead atoms. The second-order valence-electron chi connectivity index (χ2n) is 9.39. The summed E-state index contributed by atoms with van der Waals surface area (Å²) < 4.78 is 0. The summed E-state index contributed by atoms with van der Waals surface area (Å²) in [4.78, 5) is 2.25. The van der Waals surface area contributed by atoms with Crippen LogP contribution in [0, 0.1) is 11.3 Å². The van der Waals surface area contributed by atoms with E-state index in [-0.39, 0.29) is 0 Å². The molecule has 0 unspecified atom stereocenters. The SMILES string of the molecule is N#Cc1ccc(N(c2ccccc2)c2cc3ccc4cc(-c5ccccc5)cc5ccc(c2)c3c45)cc1. The Morgan fingerprint density at radius 1 is 0.432 bits per heavy atom. The highest BCUT2D eigenvalue weighted by Gasteiger charge is 2.16. The van der Waals surface area contributed by atoms with Crippen molar-refractivity contribution in [2.75, 3.05) is 4.90 Å². The van der Waals surface area contributed by atoms with Crippen LogP contribution in [-0.4, -0.2) is 0 Å². The van der Waals surface area contributed by atoms with Gasteiger partial charge in [0.25, 0.3) is 0 Å². The van der Waals surface area contributed by atoms with Gasteiger partial charge in [-0.3, -0.25) is 0 Å². The second-order valence-corrected chi connectivity index (χ2v) is 9.39. The lowest BCUT2D eigenvalue weighted by Gasteiger charge is -2.26. The quantitative estimate of drug-likeness (QED) is 0.239. The number of anilines is 3. The van der Waals surface area contributed by atoms with Crippen LogP contribution in [-0.2, 0) is 0 Å². The van der Waals surface area contributed by atoms with Crippen molar-refractivity contribution in [3.05, 3.63) is 139 Å². The highest BCUT2D eigenvalue weighted by Crippen LogP contribution is 2.42. The first-order chi connectivity index (χ1) is 18.3. The summed E-state index contributed by atoms with van der Waals surface area (Å²) in [5, 5.41) is 16.8. The first-order valence-electron chi connectivity index (χ1n) is 12.4. The normalized spacial score (nSPS) is 11.2. The fraction of sp³-hybridized carbons (Fsp3) is 0. The van der Waals surface area contributed by atoms with Crippen LogP contribution < -0.4 is 4.90 Å². The monoisotopic (exact) mass is 470 g/mol. The second kappa shape index (κ2) is 8.52. The molecule has 0 aliphatic carbocycles. The van der Waals surface area contributed by atoms with Gasteiger partial charge in [0.05, 0.1) is 11.6 Å². The van der Waals surface area contributed by atoms with Gasteiger partial charge in [0.15, 0.2) is 0 Å². The van der Waals surface area contributed by atoms with Gasteiger partial charge in [-0.2, -0.15) is 5.26 Å². The van der Waals surface area contributed by atoms with Crippen molar-refractivity contribution in [2.24, 2.45) is 0 Å². The molecule has 0 atom stereocenters.